The number of nitrogens with one attached hydrogen (secondary N) is 1. The summed E-state index contributed by atoms with van der Waals surface area (Å²) in [6.45, 7) is 0. The molecule has 0 aliphatic heterocycles. The minimum Gasteiger partial charge on any atom is -0.497 e. The molecule has 0 unspecified atom stereocenters. The van der Waals surface area contributed by atoms with Crippen molar-refractivity contribution in [3.05, 3.63) is 108 Å². The molecule has 0 aliphatic rings. The van der Waals surface area contributed by atoms with Crippen molar-refractivity contribution < 1.29 is 19.1 Å². The molecule has 4 rings (SSSR count). The van der Waals surface area contributed by atoms with E-state index in [0.717, 1.165) is 16.3 Å². The first-order chi connectivity index (χ1) is 16.1. The quantitative estimate of drug-likeness (QED) is 0.195. The summed E-state index contributed by atoms with van der Waals surface area (Å²) in [7, 11) is 1.56. The van der Waals surface area contributed by atoms with E-state index in [9.17, 15) is 9.59 Å². The Bertz CT molecular complexity index is 1310. The van der Waals surface area contributed by atoms with Crippen LogP contribution in [0.25, 0.3) is 10.8 Å². The Hall–Kier alpha value is -4.45. The van der Waals surface area contributed by atoms with Crippen LogP contribution in [0.4, 0.5) is 0 Å². The van der Waals surface area contributed by atoms with E-state index < -0.39 is 5.97 Å². The number of carbonyl (C=O) groups excluding carboxylic acids is 2. The second-order valence-corrected chi connectivity index (χ2v) is 7.30. The number of carbonyl (C=O) groups is 2. The number of methoxy groups -OCH3 is 1. The van der Waals surface area contributed by atoms with Crippen LogP contribution in [0.2, 0.25) is 0 Å². The number of amides is 1. The van der Waals surface area contributed by atoms with Gasteiger partial charge >= 0.3 is 5.97 Å². The molecule has 6 nitrogen and oxygen atoms in total. The van der Waals surface area contributed by atoms with Crippen LogP contribution in [0, 0.1) is 0 Å². The smallest absolute Gasteiger partial charge is 0.343 e. The van der Waals surface area contributed by atoms with Crippen molar-refractivity contribution in [2.24, 2.45) is 5.10 Å². The molecule has 164 valence electrons. The van der Waals surface area contributed by atoms with Crippen molar-refractivity contribution in [3.63, 3.8) is 0 Å². The number of rotatable bonds is 7. The van der Waals surface area contributed by atoms with Gasteiger partial charge in [0.15, 0.2) is 0 Å². The lowest BCUT2D eigenvalue weighted by atomic mass is 10.0. The standard InChI is InChI=1S/C27H22N2O4/c1-32-23-14-12-21(13-15-23)27(31)33-24-10-4-6-19(16-24)18-28-29-26(30)17-22-9-5-8-20-7-2-3-11-25(20)22/h2-16,18H,17H2,1H3,(H,29,30). The fourth-order valence-electron chi connectivity index (χ4n) is 3.39. The average Bonchev–Trinajstić information content (AvgIpc) is 2.84. The number of benzene rings is 4. The van der Waals surface area contributed by atoms with Gasteiger partial charge in [0.1, 0.15) is 11.5 Å². The maximum Gasteiger partial charge on any atom is 0.343 e. The third kappa shape index (κ3) is 5.62. The van der Waals surface area contributed by atoms with Gasteiger partial charge in [0.2, 0.25) is 5.91 Å². The van der Waals surface area contributed by atoms with Crippen LogP contribution in [-0.2, 0) is 11.2 Å². The van der Waals surface area contributed by atoms with Gasteiger partial charge in [-0.1, -0.05) is 54.6 Å². The minimum atomic E-state index is -0.477. The van der Waals surface area contributed by atoms with Gasteiger partial charge in [-0.05, 0) is 58.3 Å². The number of nitrogens with zero attached hydrogens (tertiary/aromatic N) is 1. The van der Waals surface area contributed by atoms with Crippen LogP contribution in [0.15, 0.2) is 96.1 Å². The van der Waals surface area contributed by atoms with Crippen LogP contribution in [0.1, 0.15) is 21.5 Å². The molecule has 0 radical (unpaired) electrons. The van der Waals surface area contributed by atoms with E-state index in [1.54, 1.807) is 55.6 Å². The predicted molar refractivity (Wildman–Crippen MR) is 128 cm³/mol. The average molecular weight is 438 g/mol. The van der Waals surface area contributed by atoms with E-state index in [4.69, 9.17) is 9.47 Å². The highest BCUT2D eigenvalue weighted by molar-refractivity contribution is 5.92. The lowest BCUT2D eigenvalue weighted by Crippen LogP contribution is -2.19. The first-order valence-corrected chi connectivity index (χ1v) is 10.4. The van der Waals surface area contributed by atoms with Crippen LogP contribution in [0.3, 0.4) is 0 Å². The fourth-order valence-corrected chi connectivity index (χ4v) is 3.39. The van der Waals surface area contributed by atoms with E-state index in [0.29, 0.717) is 22.6 Å². The molecule has 0 spiro atoms. The number of hydrogen-bond acceptors (Lipinski definition) is 5. The first kappa shape index (κ1) is 21.8. The second kappa shape index (κ2) is 10.2. The molecule has 4 aromatic carbocycles. The topological polar surface area (TPSA) is 77.0 Å². The third-order valence-electron chi connectivity index (χ3n) is 5.03. The van der Waals surface area contributed by atoms with Crippen molar-refractivity contribution >= 4 is 28.9 Å². The highest BCUT2D eigenvalue weighted by atomic mass is 16.5. The van der Waals surface area contributed by atoms with Crippen molar-refractivity contribution in [2.45, 2.75) is 6.42 Å². The van der Waals surface area contributed by atoms with Crippen LogP contribution < -0.4 is 14.9 Å². The van der Waals surface area contributed by atoms with E-state index in [1.165, 1.54) is 6.21 Å². The number of hydrogen-bond donors (Lipinski definition) is 1. The number of esters is 1. The Balaban J connectivity index is 1.36. The molecule has 0 heterocycles. The predicted octanol–water partition coefficient (Wildman–Crippen LogP) is 4.76. The molecule has 6 heteroatoms. The summed E-state index contributed by atoms with van der Waals surface area (Å²) in [5.41, 5.74) is 4.58. The number of hydrazone groups is 1. The summed E-state index contributed by atoms with van der Waals surface area (Å²) in [6.07, 6.45) is 1.73. The molecule has 0 saturated carbocycles. The summed E-state index contributed by atoms with van der Waals surface area (Å²) in [5.74, 6) is 0.342. The molecule has 0 atom stereocenters. The van der Waals surface area contributed by atoms with Gasteiger partial charge in [0.25, 0.3) is 0 Å². The van der Waals surface area contributed by atoms with Gasteiger partial charge in [-0.3, -0.25) is 4.79 Å². The molecule has 0 aromatic heterocycles. The van der Waals surface area contributed by atoms with E-state index in [1.807, 2.05) is 42.5 Å². The molecule has 0 bridgehead atoms. The molecule has 0 saturated heterocycles. The Morgan fingerprint density at radius 1 is 0.879 bits per heavy atom. The summed E-state index contributed by atoms with van der Waals surface area (Å²) in [4.78, 5) is 24.7. The zero-order valence-corrected chi connectivity index (χ0v) is 18.0. The van der Waals surface area contributed by atoms with E-state index in [2.05, 4.69) is 10.5 Å². The van der Waals surface area contributed by atoms with Crippen molar-refractivity contribution in [1.29, 1.82) is 0 Å². The molecular formula is C27H22N2O4. The number of ether oxygens (including phenoxy) is 2. The van der Waals surface area contributed by atoms with Gasteiger partial charge in [-0.2, -0.15) is 5.10 Å². The monoisotopic (exact) mass is 438 g/mol. The van der Waals surface area contributed by atoms with Gasteiger partial charge < -0.3 is 9.47 Å². The van der Waals surface area contributed by atoms with Crippen LogP contribution >= 0.6 is 0 Å². The lowest BCUT2D eigenvalue weighted by molar-refractivity contribution is -0.120. The molecule has 0 aliphatic carbocycles. The minimum absolute atomic E-state index is 0.218. The Kier molecular flexibility index (Phi) is 6.75. The molecule has 0 fully saturated rings. The zero-order valence-electron chi connectivity index (χ0n) is 18.0. The largest absolute Gasteiger partial charge is 0.497 e. The summed E-state index contributed by atoms with van der Waals surface area (Å²) in [5, 5.41) is 6.17. The Labute approximate surface area is 191 Å². The molecule has 33 heavy (non-hydrogen) atoms. The van der Waals surface area contributed by atoms with Crippen LogP contribution in [0.5, 0.6) is 11.5 Å². The van der Waals surface area contributed by atoms with Gasteiger partial charge in [-0.15, -0.1) is 0 Å². The van der Waals surface area contributed by atoms with Gasteiger partial charge in [0.05, 0.1) is 25.3 Å². The zero-order chi connectivity index (χ0) is 23.0. The SMILES string of the molecule is COc1ccc(C(=O)Oc2cccc(C=NNC(=O)Cc3cccc4ccccc34)c2)cc1. The summed E-state index contributed by atoms with van der Waals surface area (Å²) < 4.78 is 10.5. The highest BCUT2D eigenvalue weighted by Crippen LogP contribution is 2.19. The maximum atomic E-state index is 12.4. The summed E-state index contributed by atoms with van der Waals surface area (Å²) in [6, 6.07) is 27.4. The van der Waals surface area contributed by atoms with E-state index >= 15 is 0 Å². The third-order valence-corrected chi connectivity index (χ3v) is 5.03. The molecular weight excluding hydrogens is 416 g/mol. The normalized spacial score (nSPS) is 10.8. The van der Waals surface area contributed by atoms with Crippen molar-refractivity contribution in [2.75, 3.05) is 7.11 Å². The summed E-state index contributed by atoms with van der Waals surface area (Å²) >= 11 is 0. The number of fused-ring (bicyclic) bond motifs is 1. The Morgan fingerprint density at radius 2 is 1.64 bits per heavy atom. The van der Waals surface area contributed by atoms with Crippen LogP contribution in [-0.4, -0.2) is 25.2 Å². The Morgan fingerprint density at radius 3 is 2.45 bits per heavy atom. The van der Waals surface area contributed by atoms with Crippen molar-refractivity contribution in [3.8, 4) is 11.5 Å². The molecule has 1 amide bonds. The fraction of sp³-hybridized carbons (Fsp3) is 0.0741. The first-order valence-electron chi connectivity index (χ1n) is 10.4. The molecule has 1 N–H and O–H groups in total. The second-order valence-electron chi connectivity index (χ2n) is 7.30. The maximum absolute atomic E-state index is 12.4. The van der Waals surface area contributed by atoms with Gasteiger partial charge in [0, 0.05) is 0 Å². The lowest BCUT2D eigenvalue weighted by Gasteiger charge is -2.06. The highest BCUT2D eigenvalue weighted by Gasteiger charge is 2.09. The van der Waals surface area contributed by atoms with E-state index in [-0.39, 0.29) is 12.3 Å². The molecule has 4 aromatic rings. The van der Waals surface area contributed by atoms with Crippen molar-refractivity contribution in [1.82, 2.24) is 5.43 Å². The van der Waals surface area contributed by atoms with Gasteiger partial charge in [-0.25, -0.2) is 10.2 Å².